The third kappa shape index (κ3) is 13.4. The van der Waals surface area contributed by atoms with E-state index in [0.717, 1.165) is 25.0 Å². The van der Waals surface area contributed by atoms with E-state index >= 15 is 0 Å². The highest BCUT2D eigenvalue weighted by Gasteiger charge is 2.16. The second kappa shape index (κ2) is 22.0. The molecule has 0 atom stereocenters. The molecule has 0 aromatic heterocycles. The Bertz CT molecular complexity index is 1330. The van der Waals surface area contributed by atoms with E-state index in [1.165, 1.54) is 33.4 Å². The number of aliphatic hydroxyl groups excluding tert-OH is 1. The van der Waals surface area contributed by atoms with Crippen molar-refractivity contribution in [1.82, 2.24) is 0 Å². The van der Waals surface area contributed by atoms with Gasteiger partial charge in [-0.3, -0.25) is 0 Å². The summed E-state index contributed by atoms with van der Waals surface area (Å²) in [6, 6.07) is 36.3. The van der Waals surface area contributed by atoms with E-state index in [4.69, 9.17) is 33.5 Å². The van der Waals surface area contributed by atoms with Gasteiger partial charge in [-0.2, -0.15) is 0 Å². The second-order valence-electron chi connectivity index (χ2n) is 10.8. The van der Waals surface area contributed by atoms with Crippen LogP contribution in [-0.2, 0) is 42.9 Å². The van der Waals surface area contributed by atoms with Crippen molar-refractivity contribution in [3.05, 3.63) is 137 Å². The fourth-order valence-electron chi connectivity index (χ4n) is 5.11. The van der Waals surface area contributed by atoms with Gasteiger partial charge in [-0.05, 0) is 46.7 Å². The highest BCUT2D eigenvalue weighted by Crippen LogP contribution is 2.32. The van der Waals surface area contributed by atoms with Crippen LogP contribution in [0.2, 0.25) is 0 Å². The van der Waals surface area contributed by atoms with Gasteiger partial charge < -0.3 is 33.5 Å². The van der Waals surface area contributed by atoms with Gasteiger partial charge in [-0.1, -0.05) is 97.1 Å². The Morgan fingerprint density at radius 2 is 0.761 bits per heavy atom. The number of hydrogen-bond acceptors (Lipinski definition) is 7. The van der Waals surface area contributed by atoms with Crippen LogP contribution >= 0.6 is 0 Å². The number of benzene rings is 4. The average molecular weight is 629 g/mol. The summed E-state index contributed by atoms with van der Waals surface area (Å²) in [6.45, 7) is 5.26. The molecule has 4 aromatic rings. The minimum absolute atomic E-state index is 0.0264. The number of rotatable bonds is 24. The highest BCUT2D eigenvalue weighted by atomic mass is 16.6. The van der Waals surface area contributed by atoms with E-state index in [-0.39, 0.29) is 6.61 Å². The van der Waals surface area contributed by atoms with E-state index in [1.807, 2.05) is 0 Å². The van der Waals surface area contributed by atoms with Crippen LogP contribution < -0.4 is 4.74 Å². The molecule has 46 heavy (non-hydrogen) atoms. The van der Waals surface area contributed by atoms with Gasteiger partial charge in [0.1, 0.15) is 12.4 Å². The van der Waals surface area contributed by atoms with Crippen molar-refractivity contribution in [2.24, 2.45) is 0 Å². The molecule has 0 aliphatic heterocycles. The van der Waals surface area contributed by atoms with Crippen LogP contribution in [0, 0.1) is 0 Å². The summed E-state index contributed by atoms with van der Waals surface area (Å²) < 4.78 is 33.8. The summed E-state index contributed by atoms with van der Waals surface area (Å²) in [5.41, 5.74) is 7.71. The number of ether oxygens (including phenoxy) is 6. The molecule has 0 saturated heterocycles. The van der Waals surface area contributed by atoms with Crippen LogP contribution in [0.1, 0.15) is 33.4 Å². The van der Waals surface area contributed by atoms with Crippen molar-refractivity contribution < 1.29 is 33.5 Å². The van der Waals surface area contributed by atoms with Gasteiger partial charge in [-0.25, -0.2) is 0 Å². The Hall–Kier alpha value is -3.56. The normalized spacial score (nSPS) is 11.2. The lowest BCUT2D eigenvalue weighted by Crippen LogP contribution is -2.15. The zero-order valence-corrected chi connectivity index (χ0v) is 26.8. The molecule has 0 unspecified atom stereocenters. The lowest BCUT2D eigenvalue weighted by Gasteiger charge is -2.20. The van der Waals surface area contributed by atoms with Crippen molar-refractivity contribution in [1.29, 1.82) is 0 Å². The van der Waals surface area contributed by atoms with Crippen molar-refractivity contribution in [2.75, 3.05) is 79.3 Å². The third-order valence-corrected chi connectivity index (χ3v) is 7.38. The van der Waals surface area contributed by atoms with Crippen LogP contribution in [-0.4, -0.2) is 84.4 Å². The molecular weight excluding hydrogens is 580 g/mol. The molecule has 7 nitrogen and oxygen atoms in total. The first-order chi connectivity index (χ1) is 22.8. The summed E-state index contributed by atoms with van der Waals surface area (Å²) in [6.07, 6.45) is 2.50. The maximum atomic E-state index is 8.65. The summed E-state index contributed by atoms with van der Waals surface area (Å²) >= 11 is 0. The molecule has 0 heterocycles. The van der Waals surface area contributed by atoms with Crippen LogP contribution in [0.3, 0.4) is 0 Å². The Kier molecular flexibility index (Phi) is 16.9. The van der Waals surface area contributed by atoms with E-state index < -0.39 is 0 Å². The van der Waals surface area contributed by atoms with Crippen LogP contribution in [0.15, 0.2) is 103 Å². The van der Waals surface area contributed by atoms with Gasteiger partial charge in [0.15, 0.2) is 0 Å². The molecule has 0 aliphatic carbocycles. The van der Waals surface area contributed by atoms with Crippen molar-refractivity contribution >= 4 is 0 Å². The lowest BCUT2D eigenvalue weighted by atomic mass is 9.88. The van der Waals surface area contributed by atoms with Crippen LogP contribution in [0.4, 0.5) is 0 Å². The largest absolute Gasteiger partial charge is 0.491 e. The van der Waals surface area contributed by atoms with Gasteiger partial charge >= 0.3 is 0 Å². The molecule has 246 valence electrons. The van der Waals surface area contributed by atoms with E-state index in [1.54, 1.807) is 0 Å². The Morgan fingerprint density at radius 3 is 1.22 bits per heavy atom. The molecule has 0 spiro atoms. The molecule has 7 heteroatoms. The molecular formula is C39H48O7. The molecule has 0 bridgehead atoms. The van der Waals surface area contributed by atoms with Gasteiger partial charge in [0.25, 0.3) is 0 Å². The molecule has 0 aliphatic rings. The van der Waals surface area contributed by atoms with E-state index in [9.17, 15) is 0 Å². The summed E-state index contributed by atoms with van der Waals surface area (Å²) in [4.78, 5) is 0. The fourth-order valence-corrected chi connectivity index (χ4v) is 5.11. The second-order valence-corrected chi connectivity index (χ2v) is 10.8. The van der Waals surface area contributed by atoms with E-state index in [2.05, 4.69) is 103 Å². The third-order valence-electron chi connectivity index (χ3n) is 7.38. The zero-order valence-electron chi connectivity index (χ0n) is 26.8. The Labute approximate surface area is 274 Å². The molecule has 0 radical (unpaired) electrons. The fraction of sp³-hybridized carbons (Fsp3) is 0.385. The highest BCUT2D eigenvalue weighted by molar-refractivity contribution is 5.51. The number of aliphatic hydroxyl groups is 1. The predicted molar refractivity (Wildman–Crippen MR) is 181 cm³/mol. The molecule has 0 amide bonds. The van der Waals surface area contributed by atoms with Crippen molar-refractivity contribution in [3.63, 3.8) is 0 Å². The molecule has 1 N–H and O–H groups in total. The predicted octanol–water partition coefficient (Wildman–Crippen LogP) is 5.91. The monoisotopic (exact) mass is 628 g/mol. The molecule has 0 fully saturated rings. The minimum Gasteiger partial charge on any atom is -0.491 e. The molecule has 4 rings (SSSR count). The zero-order chi connectivity index (χ0) is 31.9. The van der Waals surface area contributed by atoms with Gasteiger partial charge in [0, 0.05) is 12.0 Å². The topological polar surface area (TPSA) is 75.6 Å². The first-order valence-corrected chi connectivity index (χ1v) is 16.2. The maximum absolute atomic E-state index is 8.65. The lowest BCUT2D eigenvalue weighted by molar-refractivity contribution is -0.0146. The van der Waals surface area contributed by atoms with Gasteiger partial charge in [0.2, 0.25) is 0 Å². The molecule has 0 saturated carbocycles. The SMILES string of the molecule is OCCOCCOCCOCCOCCOCCOc1ccc(Cc2ccccc2)c(Cc2ccccc2)c1Cc1ccccc1. The Balaban J connectivity index is 1.27. The minimum atomic E-state index is 0.0264. The maximum Gasteiger partial charge on any atom is 0.123 e. The summed E-state index contributed by atoms with van der Waals surface area (Å²) in [5.74, 6) is 0.908. The first kappa shape index (κ1) is 35.3. The van der Waals surface area contributed by atoms with Crippen LogP contribution in [0.5, 0.6) is 5.75 Å². The smallest absolute Gasteiger partial charge is 0.123 e. The summed E-state index contributed by atoms with van der Waals surface area (Å²) in [5, 5.41) is 8.65. The van der Waals surface area contributed by atoms with Gasteiger partial charge in [0.05, 0.1) is 72.7 Å². The average Bonchev–Trinajstić information content (AvgIpc) is 3.09. The standard InChI is InChI=1S/C39H48O7/c40-18-19-41-20-21-42-22-23-43-24-25-44-26-27-45-28-29-46-39-17-16-36(30-33-10-4-1-5-11-33)37(31-34-12-6-2-7-13-34)38(39)32-35-14-8-3-9-15-35/h1-17,40H,18-32H2. The summed E-state index contributed by atoms with van der Waals surface area (Å²) in [7, 11) is 0. The van der Waals surface area contributed by atoms with Gasteiger partial charge in [-0.15, -0.1) is 0 Å². The molecule has 4 aromatic carbocycles. The van der Waals surface area contributed by atoms with E-state index in [0.29, 0.717) is 72.7 Å². The number of hydrogen-bond donors (Lipinski definition) is 1. The van der Waals surface area contributed by atoms with Crippen molar-refractivity contribution in [3.8, 4) is 5.75 Å². The van der Waals surface area contributed by atoms with Crippen molar-refractivity contribution in [2.45, 2.75) is 19.3 Å². The first-order valence-electron chi connectivity index (χ1n) is 16.2. The van der Waals surface area contributed by atoms with Crippen LogP contribution in [0.25, 0.3) is 0 Å². The quantitative estimate of drug-likeness (QED) is 0.0967. The Morgan fingerprint density at radius 1 is 0.370 bits per heavy atom.